The molecule has 4 aromatic rings. The molecule has 4 unspecified atom stereocenters. The number of nitrogens with zero attached hydrogens (tertiary/aromatic N) is 4. The van der Waals surface area contributed by atoms with Crippen LogP contribution in [0.15, 0.2) is 67.0 Å². The Morgan fingerprint density at radius 3 is 2.25 bits per heavy atom. The molecule has 10 nitrogen and oxygen atoms in total. The summed E-state index contributed by atoms with van der Waals surface area (Å²) >= 11 is 0. The van der Waals surface area contributed by atoms with Crippen LogP contribution in [0.3, 0.4) is 0 Å². The molecule has 1 fully saturated rings. The highest BCUT2D eigenvalue weighted by Gasteiger charge is 2.44. The van der Waals surface area contributed by atoms with Crippen molar-refractivity contribution in [2.45, 2.75) is 50.8 Å². The first-order valence-electron chi connectivity index (χ1n) is 13.7. The quantitative estimate of drug-likeness (QED) is 0.212. The van der Waals surface area contributed by atoms with Gasteiger partial charge >= 0.3 is 0 Å². The van der Waals surface area contributed by atoms with Crippen LogP contribution in [0.5, 0.6) is 0 Å². The van der Waals surface area contributed by atoms with E-state index in [9.17, 15) is 10.2 Å². The molecule has 1 aliphatic heterocycles. The van der Waals surface area contributed by atoms with Gasteiger partial charge in [0.15, 0.2) is 23.2 Å². The molecule has 0 aliphatic carbocycles. The van der Waals surface area contributed by atoms with Crippen LogP contribution in [0.25, 0.3) is 11.2 Å². The Kier molecular flexibility index (Phi) is 9.03. The summed E-state index contributed by atoms with van der Waals surface area (Å²) in [5, 5.41) is 28.3. The molecule has 10 heteroatoms. The normalized spacial score (nSPS) is 21.1. The minimum atomic E-state index is -1.16. The fourth-order valence-corrected chi connectivity index (χ4v) is 5.08. The molecule has 0 spiro atoms. The summed E-state index contributed by atoms with van der Waals surface area (Å²) in [6.45, 7) is 6.33. The first kappa shape index (κ1) is 28.1. The molecule has 0 amide bonds. The number of rotatable bonds is 12. The molecule has 5 rings (SSSR count). The summed E-state index contributed by atoms with van der Waals surface area (Å²) < 4.78 is 12.8. The fraction of sp³-hybridized carbons (Fsp3) is 0.433. The number of hydrogen-bond acceptors (Lipinski definition) is 9. The molecule has 40 heavy (non-hydrogen) atoms. The predicted octanol–water partition coefficient (Wildman–Crippen LogP) is 3.08. The lowest BCUT2D eigenvalue weighted by Crippen LogP contribution is -2.33. The maximum atomic E-state index is 10.8. The molecule has 4 N–H and O–H groups in total. The summed E-state index contributed by atoms with van der Waals surface area (Å²) in [4.78, 5) is 14.3. The third-order valence-electron chi connectivity index (χ3n) is 7.12. The standard InChI is InChI=1S/C30H38N6O4/c1-19(2)14-31-16-24-34-28(32-15-22(20-10-6-4-7-11-20)21-12-8-5-9-13-21)25-29(35-24)36(18-33-25)30-27(38)26(37)23(40-30)17-39-3/h4-13,18-19,22-23,26-27,30-31,37-38H,14-17H2,1-3H3,(H,32,34,35). The van der Waals surface area contributed by atoms with E-state index in [0.29, 0.717) is 41.8 Å². The third kappa shape index (κ3) is 6.16. The van der Waals surface area contributed by atoms with Crippen LogP contribution < -0.4 is 10.6 Å². The van der Waals surface area contributed by atoms with Crippen molar-refractivity contribution < 1.29 is 19.7 Å². The van der Waals surface area contributed by atoms with Crippen LogP contribution in [0, 0.1) is 5.92 Å². The van der Waals surface area contributed by atoms with Gasteiger partial charge < -0.3 is 30.3 Å². The van der Waals surface area contributed by atoms with Crippen molar-refractivity contribution in [1.29, 1.82) is 0 Å². The number of imidazole rings is 1. The maximum Gasteiger partial charge on any atom is 0.168 e. The van der Waals surface area contributed by atoms with Crippen molar-refractivity contribution in [1.82, 2.24) is 24.8 Å². The minimum absolute atomic E-state index is 0.0851. The van der Waals surface area contributed by atoms with E-state index in [4.69, 9.17) is 19.4 Å². The molecular weight excluding hydrogens is 508 g/mol. The number of hydrogen-bond donors (Lipinski definition) is 4. The van der Waals surface area contributed by atoms with E-state index in [1.165, 1.54) is 18.2 Å². The third-order valence-corrected chi connectivity index (χ3v) is 7.12. The topological polar surface area (TPSA) is 127 Å². The molecule has 2 aromatic heterocycles. The minimum Gasteiger partial charge on any atom is -0.387 e. The van der Waals surface area contributed by atoms with Crippen molar-refractivity contribution in [3.05, 3.63) is 83.9 Å². The zero-order valence-corrected chi connectivity index (χ0v) is 23.1. The fourth-order valence-electron chi connectivity index (χ4n) is 5.08. The van der Waals surface area contributed by atoms with Crippen LogP contribution in [-0.4, -0.2) is 74.9 Å². The molecule has 1 aliphatic rings. The second-order valence-corrected chi connectivity index (χ2v) is 10.6. The highest BCUT2D eigenvalue weighted by molar-refractivity contribution is 5.83. The average molecular weight is 547 g/mol. The zero-order chi connectivity index (χ0) is 28.1. The highest BCUT2D eigenvalue weighted by Crippen LogP contribution is 2.33. The lowest BCUT2D eigenvalue weighted by Gasteiger charge is -2.20. The molecule has 212 valence electrons. The van der Waals surface area contributed by atoms with Gasteiger partial charge in [0.2, 0.25) is 0 Å². The Morgan fingerprint density at radius 1 is 0.950 bits per heavy atom. The van der Waals surface area contributed by atoms with Gasteiger partial charge in [-0.3, -0.25) is 4.57 Å². The van der Waals surface area contributed by atoms with E-state index in [0.717, 1.165) is 6.54 Å². The smallest absolute Gasteiger partial charge is 0.168 e. The molecule has 1 saturated heterocycles. The van der Waals surface area contributed by atoms with Crippen molar-refractivity contribution >= 4 is 17.0 Å². The molecule has 0 radical (unpaired) electrons. The number of ether oxygens (including phenoxy) is 2. The van der Waals surface area contributed by atoms with Gasteiger partial charge in [0, 0.05) is 19.6 Å². The van der Waals surface area contributed by atoms with Crippen LogP contribution >= 0.6 is 0 Å². The van der Waals surface area contributed by atoms with E-state index in [1.54, 1.807) is 10.9 Å². The van der Waals surface area contributed by atoms with Crippen molar-refractivity contribution in [2.24, 2.45) is 5.92 Å². The van der Waals surface area contributed by atoms with Gasteiger partial charge in [-0.2, -0.15) is 0 Å². The highest BCUT2D eigenvalue weighted by atomic mass is 16.6. The molecule has 3 heterocycles. The number of nitrogens with one attached hydrogen (secondary N) is 2. The van der Waals surface area contributed by atoms with Gasteiger partial charge in [-0.1, -0.05) is 74.5 Å². The number of fused-ring (bicyclic) bond motifs is 1. The van der Waals surface area contributed by atoms with E-state index < -0.39 is 24.5 Å². The van der Waals surface area contributed by atoms with Gasteiger partial charge in [0.1, 0.15) is 24.1 Å². The van der Waals surface area contributed by atoms with Crippen LogP contribution in [-0.2, 0) is 16.0 Å². The van der Waals surface area contributed by atoms with Crippen molar-refractivity contribution in [2.75, 3.05) is 32.1 Å². The summed E-state index contributed by atoms with van der Waals surface area (Å²) in [6, 6.07) is 20.7. The number of methoxy groups -OCH3 is 1. The van der Waals surface area contributed by atoms with E-state index in [-0.39, 0.29) is 12.5 Å². The molecule has 2 aromatic carbocycles. The lowest BCUT2D eigenvalue weighted by atomic mass is 9.91. The van der Waals surface area contributed by atoms with Gasteiger partial charge in [-0.15, -0.1) is 0 Å². The lowest BCUT2D eigenvalue weighted by molar-refractivity contribution is -0.0580. The van der Waals surface area contributed by atoms with Gasteiger partial charge in [-0.25, -0.2) is 15.0 Å². The number of benzene rings is 2. The van der Waals surface area contributed by atoms with Crippen LogP contribution in [0.4, 0.5) is 5.82 Å². The number of aliphatic hydroxyl groups excluding tert-OH is 2. The molecule has 0 bridgehead atoms. The Hall–Kier alpha value is -3.41. The maximum absolute atomic E-state index is 10.8. The molecular formula is C30H38N6O4. The summed E-state index contributed by atoms with van der Waals surface area (Å²) in [6.07, 6.45) is -2.19. The largest absolute Gasteiger partial charge is 0.387 e. The van der Waals surface area contributed by atoms with Gasteiger partial charge in [0.25, 0.3) is 0 Å². The number of aromatic nitrogens is 4. The molecule has 0 saturated carbocycles. The average Bonchev–Trinajstić information content (AvgIpc) is 3.50. The number of anilines is 1. The first-order valence-corrected chi connectivity index (χ1v) is 13.7. The zero-order valence-electron chi connectivity index (χ0n) is 23.1. The second kappa shape index (κ2) is 12.8. The monoisotopic (exact) mass is 546 g/mol. The van der Waals surface area contributed by atoms with E-state index in [2.05, 4.69) is 53.7 Å². The summed E-state index contributed by atoms with van der Waals surface area (Å²) in [7, 11) is 1.53. The Balaban J connectivity index is 1.48. The van der Waals surface area contributed by atoms with E-state index in [1.807, 2.05) is 36.4 Å². The molecule has 4 atom stereocenters. The van der Waals surface area contributed by atoms with Gasteiger partial charge in [0.05, 0.1) is 19.5 Å². The number of aliphatic hydroxyl groups is 2. The SMILES string of the molecule is COCC1OC(n2cnc3c(NCC(c4ccccc4)c4ccccc4)nc(CNCC(C)C)nc32)C(O)C1O. The van der Waals surface area contributed by atoms with Crippen LogP contribution in [0.1, 0.15) is 42.9 Å². The Labute approximate surface area is 234 Å². The Bertz CT molecular complexity index is 1330. The predicted molar refractivity (Wildman–Crippen MR) is 153 cm³/mol. The van der Waals surface area contributed by atoms with Crippen molar-refractivity contribution in [3.8, 4) is 0 Å². The van der Waals surface area contributed by atoms with Gasteiger partial charge in [-0.05, 0) is 23.6 Å². The second-order valence-electron chi connectivity index (χ2n) is 10.6. The summed E-state index contributed by atoms with van der Waals surface area (Å²) in [5.74, 6) is 1.76. The van der Waals surface area contributed by atoms with Crippen molar-refractivity contribution in [3.63, 3.8) is 0 Å². The summed E-state index contributed by atoms with van der Waals surface area (Å²) in [5.41, 5.74) is 3.46. The Morgan fingerprint density at radius 2 is 1.62 bits per heavy atom. The van der Waals surface area contributed by atoms with Crippen LogP contribution in [0.2, 0.25) is 0 Å². The first-order chi connectivity index (χ1) is 19.5. The van der Waals surface area contributed by atoms with E-state index >= 15 is 0 Å².